The molecule has 22 heavy (non-hydrogen) atoms. The van der Waals surface area contributed by atoms with Gasteiger partial charge in [0.2, 0.25) is 0 Å². The van der Waals surface area contributed by atoms with Gasteiger partial charge >= 0.3 is 0 Å². The zero-order valence-electron chi connectivity index (χ0n) is 12.4. The molecule has 1 atom stereocenters. The van der Waals surface area contributed by atoms with Gasteiger partial charge in [-0.2, -0.15) is 0 Å². The summed E-state index contributed by atoms with van der Waals surface area (Å²) in [5, 5.41) is 5.16. The molecule has 1 fully saturated rings. The van der Waals surface area contributed by atoms with E-state index in [1.165, 1.54) is 4.57 Å². The van der Waals surface area contributed by atoms with Gasteiger partial charge in [0.1, 0.15) is 0 Å². The minimum absolute atomic E-state index is 0.0408. The molecule has 1 saturated heterocycles. The van der Waals surface area contributed by atoms with Crippen LogP contribution in [0.5, 0.6) is 0 Å². The van der Waals surface area contributed by atoms with Crippen molar-refractivity contribution >= 4 is 17.2 Å². The maximum absolute atomic E-state index is 11.9. The highest BCUT2D eigenvalue weighted by molar-refractivity contribution is 7.07. The number of hydrogen-bond donors (Lipinski definition) is 1. The summed E-state index contributed by atoms with van der Waals surface area (Å²) in [7, 11) is 1.71. The highest BCUT2D eigenvalue weighted by Crippen LogP contribution is 2.11. The van der Waals surface area contributed by atoms with Crippen molar-refractivity contribution in [2.24, 2.45) is 7.05 Å². The van der Waals surface area contributed by atoms with E-state index in [-0.39, 0.29) is 11.7 Å². The summed E-state index contributed by atoms with van der Waals surface area (Å²) in [5.41, 5.74) is 2.82. The lowest BCUT2D eigenvalue weighted by Gasteiger charge is -2.32. The van der Waals surface area contributed by atoms with Gasteiger partial charge in [-0.25, -0.2) is 9.97 Å². The van der Waals surface area contributed by atoms with E-state index in [0.29, 0.717) is 19.0 Å². The van der Waals surface area contributed by atoms with E-state index >= 15 is 0 Å². The molecule has 1 aliphatic rings. The topological polar surface area (TPSA) is 72.3 Å². The van der Waals surface area contributed by atoms with Crippen LogP contribution < -0.4 is 10.9 Å². The van der Waals surface area contributed by atoms with Crippen molar-refractivity contribution in [2.75, 3.05) is 31.6 Å². The first-order valence-corrected chi connectivity index (χ1v) is 8.13. The number of anilines is 1. The first-order valence-electron chi connectivity index (χ1n) is 7.19. The van der Waals surface area contributed by atoms with Gasteiger partial charge in [0.15, 0.2) is 5.82 Å². The van der Waals surface area contributed by atoms with Gasteiger partial charge in [-0.3, -0.25) is 9.69 Å². The molecule has 3 heterocycles. The number of nitrogens with zero attached hydrogens (tertiary/aromatic N) is 4. The van der Waals surface area contributed by atoms with Crippen molar-refractivity contribution in [1.82, 2.24) is 19.4 Å². The van der Waals surface area contributed by atoms with E-state index in [2.05, 4.69) is 25.6 Å². The second-order valence-electron chi connectivity index (χ2n) is 5.28. The zero-order chi connectivity index (χ0) is 15.4. The number of aromatic nitrogens is 3. The average molecular weight is 321 g/mol. The fraction of sp³-hybridized carbons (Fsp3) is 0.500. The fourth-order valence-corrected chi connectivity index (χ4v) is 2.97. The lowest BCUT2D eigenvalue weighted by atomic mass is 10.2. The number of aryl methyl sites for hydroxylation is 1. The van der Waals surface area contributed by atoms with Crippen molar-refractivity contribution in [3.63, 3.8) is 0 Å². The van der Waals surface area contributed by atoms with Gasteiger partial charge < -0.3 is 14.6 Å². The Morgan fingerprint density at radius 3 is 3.23 bits per heavy atom. The van der Waals surface area contributed by atoms with Gasteiger partial charge in [0.05, 0.1) is 23.9 Å². The van der Waals surface area contributed by atoms with Crippen LogP contribution in [-0.4, -0.2) is 51.8 Å². The molecular formula is C14H19N5O2S. The molecule has 0 radical (unpaired) electrons. The molecule has 118 valence electrons. The Morgan fingerprint density at radius 1 is 1.50 bits per heavy atom. The monoisotopic (exact) mass is 321 g/mol. The van der Waals surface area contributed by atoms with E-state index in [4.69, 9.17) is 4.74 Å². The number of nitrogens with one attached hydrogen (secondary N) is 1. The van der Waals surface area contributed by atoms with Crippen LogP contribution in [0.1, 0.15) is 5.69 Å². The standard InChI is InChI=1S/C14H19N5O2S/c1-18-3-2-15-13(14(18)20)16-6-12-8-19(4-5-21-12)7-11-9-22-10-17-11/h2-3,9-10,12H,4-8H2,1H3,(H,15,16)/t12-/m0/s1. The molecule has 0 saturated carbocycles. The molecule has 2 aromatic heterocycles. The normalized spacial score (nSPS) is 19.2. The third-order valence-electron chi connectivity index (χ3n) is 3.61. The summed E-state index contributed by atoms with van der Waals surface area (Å²) >= 11 is 1.61. The predicted octanol–water partition coefficient (Wildman–Crippen LogP) is 0.550. The maximum atomic E-state index is 11.9. The number of ether oxygens (including phenoxy) is 1. The van der Waals surface area contributed by atoms with Crippen LogP contribution in [0, 0.1) is 0 Å². The molecule has 1 aliphatic heterocycles. The number of hydrogen-bond acceptors (Lipinski definition) is 7. The van der Waals surface area contributed by atoms with Crippen LogP contribution >= 0.6 is 11.3 Å². The molecule has 1 N–H and O–H groups in total. The quantitative estimate of drug-likeness (QED) is 0.867. The van der Waals surface area contributed by atoms with Gasteiger partial charge in [0, 0.05) is 51.0 Å². The zero-order valence-corrected chi connectivity index (χ0v) is 13.3. The Hall–Kier alpha value is -1.77. The molecule has 0 spiro atoms. The first-order chi connectivity index (χ1) is 10.7. The Kier molecular flexibility index (Phi) is 4.81. The number of thiazole rings is 1. The first kappa shape index (κ1) is 15.1. The third kappa shape index (κ3) is 3.70. The summed E-state index contributed by atoms with van der Waals surface area (Å²) in [6, 6.07) is 0. The fourth-order valence-electron chi connectivity index (χ4n) is 2.42. The Bertz CT molecular complexity index is 658. The largest absolute Gasteiger partial charge is 0.374 e. The number of rotatable bonds is 5. The van der Waals surface area contributed by atoms with E-state index in [9.17, 15) is 4.79 Å². The van der Waals surface area contributed by atoms with Crippen LogP contribution in [0.15, 0.2) is 28.1 Å². The summed E-state index contributed by atoms with van der Waals surface area (Å²) in [6.07, 6.45) is 3.29. The van der Waals surface area contributed by atoms with E-state index in [1.54, 1.807) is 30.8 Å². The lowest BCUT2D eigenvalue weighted by Crippen LogP contribution is -2.45. The highest BCUT2D eigenvalue weighted by Gasteiger charge is 2.21. The maximum Gasteiger partial charge on any atom is 0.293 e. The highest BCUT2D eigenvalue weighted by atomic mass is 32.1. The molecule has 0 bridgehead atoms. The minimum atomic E-state index is -0.127. The van der Waals surface area contributed by atoms with Crippen LogP contribution in [0.3, 0.4) is 0 Å². The summed E-state index contributed by atoms with van der Waals surface area (Å²) in [5.74, 6) is 0.366. The summed E-state index contributed by atoms with van der Waals surface area (Å²) in [4.78, 5) is 22.6. The van der Waals surface area contributed by atoms with E-state index in [0.717, 1.165) is 25.3 Å². The molecule has 0 unspecified atom stereocenters. The van der Waals surface area contributed by atoms with Crippen molar-refractivity contribution in [3.8, 4) is 0 Å². The molecule has 0 amide bonds. The molecule has 2 aromatic rings. The second kappa shape index (κ2) is 6.99. The van der Waals surface area contributed by atoms with Crippen molar-refractivity contribution < 1.29 is 4.74 Å². The van der Waals surface area contributed by atoms with Crippen LogP contribution in [0.4, 0.5) is 5.82 Å². The Balaban J connectivity index is 1.54. The number of morpholine rings is 1. The Labute approximate surface area is 132 Å². The van der Waals surface area contributed by atoms with Crippen LogP contribution in [0.25, 0.3) is 0 Å². The van der Waals surface area contributed by atoms with Crippen molar-refractivity contribution in [3.05, 3.63) is 39.3 Å². The van der Waals surface area contributed by atoms with Gasteiger partial charge in [-0.15, -0.1) is 11.3 Å². The summed E-state index contributed by atoms with van der Waals surface area (Å²) < 4.78 is 7.27. The molecule has 3 rings (SSSR count). The Morgan fingerprint density at radius 2 is 2.41 bits per heavy atom. The molecule has 0 aromatic carbocycles. The second-order valence-corrected chi connectivity index (χ2v) is 6.00. The smallest absolute Gasteiger partial charge is 0.293 e. The molecular weight excluding hydrogens is 302 g/mol. The van der Waals surface area contributed by atoms with Crippen molar-refractivity contribution in [1.29, 1.82) is 0 Å². The predicted molar refractivity (Wildman–Crippen MR) is 85.1 cm³/mol. The van der Waals surface area contributed by atoms with Crippen LogP contribution in [-0.2, 0) is 18.3 Å². The molecule has 8 heteroatoms. The van der Waals surface area contributed by atoms with Gasteiger partial charge in [-0.05, 0) is 0 Å². The average Bonchev–Trinajstić information content (AvgIpc) is 3.02. The third-order valence-corrected chi connectivity index (χ3v) is 4.24. The van der Waals surface area contributed by atoms with Crippen molar-refractivity contribution in [2.45, 2.75) is 12.6 Å². The molecule has 7 nitrogen and oxygen atoms in total. The van der Waals surface area contributed by atoms with Gasteiger partial charge in [-0.1, -0.05) is 0 Å². The van der Waals surface area contributed by atoms with E-state index in [1.807, 2.05) is 5.51 Å². The van der Waals surface area contributed by atoms with Crippen LogP contribution in [0.2, 0.25) is 0 Å². The summed E-state index contributed by atoms with van der Waals surface area (Å²) in [6.45, 7) is 3.82. The molecule has 0 aliphatic carbocycles. The van der Waals surface area contributed by atoms with E-state index < -0.39 is 0 Å². The minimum Gasteiger partial charge on any atom is -0.374 e. The van der Waals surface area contributed by atoms with Gasteiger partial charge in [0.25, 0.3) is 5.56 Å². The lowest BCUT2D eigenvalue weighted by molar-refractivity contribution is -0.0244. The SMILES string of the molecule is Cn1ccnc(NC[C@H]2CN(Cc3cscn3)CCO2)c1=O.